The lowest BCUT2D eigenvalue weighted by molar-refractivity contribution is -0.384. The lowest BCUT2D eigenvalue weighted by atomic mass is 9.99. The number of carbonyl (C=O) groups is 1. The van der Waals surface area contributed by atoms with Crippen LogP contribution < -0.4 is 0 Å². The Morgan fingerprint density at radius 1 is 1.58 bits per heavy atom. The van der Waals surface area contributed by atoms with E-state index < -0.39 is 4.92 Å². The third kappa shape index (κ3) is 2.73. The Morgan fingerprint density at radius 2 is 2.26 bits per heavy atom. The number of carbonyl (C=O) groups excluding carboxylic acids is 1. The van der Waals surface area contributed by atoms with Crippen molar-refractivity contribution in [1.29, 1.82) is 0 Å². The zero-order valence-corrected chi connectivity index (χ0v) is 11.6. The van der Waals surface area contributed by atoms with Gasteiger partial charge in [-0.15, -0.1) is 11.6 Å². The van der Waals surface area contributed by atoms with Crippen LogP contribution in [0.3, 0.4) is 0 Å². The molecule has 2 heterocycles. The van der Waals surface area contributed by atoms with E-state index in [1.807, 2.05) is 6.92 Å². The Labute approximate surface area is 116 Å². The number of alkyl halides is 1. The first-order chi connectivity index (χ1) is 8.90. The lowest BCUT2D eigenvalue weighted by Crippen LogP contribution is -2.43. The molecule has 0 radical (unpaired) electrons. The minimum atomic E-state index is -0.496. The summed E-state index contributed by atoms with van der Waals surface area (Å²) in [7, 11) is 1.64. The maximum atomic E-state index is 12.3. The van der Waals surface area contributed by atoms with E-state index in [1.54, 1.807) is 11.9 Å². The Balaban J connectivity index is 2.18. The monoisotopic (exact) mass is 285 g/mol. The van der Waals surface area contributed by atoms with Gasteiger partial charge >= 0.3 is 0 Å². The summed E-state index contributed by atoms with van der Waals surface area (Å²) in [6.45, 7) is 3.19. The molecule has 2 atom stereocenters. The SMILES string of the molecule is CC1CN(C(=O)c2cc([N+](=O)[O-])cn2C)CCC1Cl. The molecule has 0 spiro atoms. The van der Waals surface area contributed by atoms with E-state index >= 15 is 0 Å². The van der Waals surface area contributed by atoms with Crippen molar-refractivity contribution in [2.24, 2.45) is 13.0 Å². The Bertz CT molecular complexity index is 514. The van der Waals surface area contributed by atoms with Crippen LogP contribution in [-0.4, -0.2) is 38.8 Å². The number of hydrogen-bond acceptors (Lipinski definition) is 3. The first kappa shape index (κ1) is 13.9. The zero-order valence-electron chi connectivity index (χ0n) is 10.9. The van der Waals surface area contributed by atoms with Gasteiger partial charge in [0.1, 0.15) is 5.69 Å². The fourth-order valence-electron chi connectivity index (χ4n) is 2.32. The Kier molecular flexibility index (Phi) is 3.80. The highest BCUT2D eigenvalue weighted by atomic mass is 35.5. The van der Waals surface area contributed by atoms with Crippen LogP contribution in [-0.2, 0) is 7.05 Å². The number of aryl methyl sites for hydroxylation is 1. The molecule has 0 aromatic carbocycles. The fraction of sp³-hybridized carbons (Fsp3) is 0.583. The lowest BCUT2D eigenvalue weighted by Gasteiger charge is -2.34. The van der Waals surface area contributed by atoms with E-state index in [0.29, 0.717) is 18.8 Å². The highest BCUT2D eigenvalue weighted by Crippen LogP contribution is 2.24. The number of rotatable bonds is 2. The molecule has 1 aliphatic heterocycles. The molecule has 1 aliphatic rings. The average molecular weight is 286 g/mol. The van der Waals surface area contributed by atoms with Crippen molar-refractivity contribution in [2.75, 3.05) is 13.1 Å². The minimum absolute atomic E-state index is 0.0638. The van der Waals surface area contributed by atoms with Gasteiger partial charge in [0.05, 0.1) is 11.1 Å². The van der Waals surface area contributed by atoms with Crippen molar-refractivity contribution >= 4 is 23.2 Å². The third-order valence-electron chi connectivity index (χ3n) is 3.51. The number of nitro groups is 1. The summed E-state index contributed by atoms with van der Waals surface area (Å²) in [4.78, 5) is 24.3. The molecule has 0 saturated carbocycles. The number of piperidine rings is 1. The molecule has 2 rings (SSSR count). The summed E-state index contributed by atoms with van der Waals surface area (Å²) in [5.41, 5.74) is 0.276. The topological polar surface area (TPSA) is 68.4 Å². The second-order valence-corrected chi connectivity index (χ2v) is 5.55. The van der Waals surface area contributed by atoms with Crippen LogP contribution in [0.1, 0.15) is 23.8 Å². The van der Waals surface area contributed by atoms with E-state index in [2.05, 4.69) is 0 Å². The molecule has 1 saturated heterocycles. The van der Waals surface area contributed by atoms with Crippen LogP contribution in [0, 0.1) is 16.0 Å². The van der Waals surface area contributed by atoms with Crippen molar-refractivity contribution < 1.29 is 9.72 Å². The summed E-state index contributed by atoms with van der Waals surface area (Å²) < 4.78 is 1.50. The predicted molar refractivity (Wildman–Crippen MR) is 71.4 cm³/mol. The summed E-state index contributed by atoms with van der Waals surface area (Å²) >= 11 is 6.13. The average Bonchev–Trinajstić information content (AvgIpc) is 2.74. The molecule has 7 heteroatoms. The van der Waals surface area contributed by atoms with Gasteiger partial charge < -0.3 is 9.47 Å². The van der Waals surface area contributed by atoms with Crippen molar-refractivity contribution in [2.45, 2.75) is 18.7 Å². The van der Waals surface area contributed by atoms with Gasteiger partial charge in [0, 0.05) is 31.6 Å². The summed E-state index contributed by atoms with van der Waals surface area (Å²) in [5, 5.41) is 10.8. The summed E-state index contributed by atoms with van der Waals surface area (Å²) in [6, 6.07) is 1.32. The van der Waals surface area contributed by atoms with Crippen molar-refractivity contribution in [3.05, 3.63) is 28.1 Å². The molecular weight excluding hydrogens is 270 g/mol. The maximum absolute atomic E-state index is 12.3. The normalized spacial score (nSPS) is 23.4. The molecule has 1 aromatic rings. The van der Waals surface area contributed by atoms with Gasteiger partial charge in [-0.2, -0.15) is 0 Å². The second-order valence-electron chi connectivity index (χ2n) is 4.98. The molecule has 0 aliphatic carbocycles. The van der Waals surface area contributed by atoms with Crippen LogP contribution >= 0.6 is 11.6 Å². The standard InChI is InChI=1S/C12H16ClN3O3/c1-8-6-15(4-3-10(8)13)12(17)11-5-9(16(18)19)7-14(11)2/h5,7-8,10H,3-4,6H2,1-2H3. The predicted octanol–water partition coefficient (Wildman–Crippen LogP) is 2.02. The highest BCUT2D eigenvalue weighted by Gasteiger charge is 2.29. The van der Waals surface area contributed by atoms with E-state index in [4.69, 9.17) is 11.6 Å². The van der Waals surface area contributed by atoms with E-state index in [0.717, 1.165) is 6.42 Å². The summed E-state index contributed by atoms with van der Waals surface area (Å²) in [5.74, 6) is 0.0561. The first-order valence-electron chi connectivity index (χ1n) is 6.14. The fourth-order valence-corrected chi connectivity index (χ4v) is 2.50. The first-order valence-corrected chi connectivity index (χ1v) is 6.58. The van der Waals surface area contributed by atoms with Gasteiger partial charge in [0.15, 0.2) is 0 Å². The van der Waals surface area contributed by atoms with Crippen LogP contribution in [0.25, 0.3) is 0 Å². The Hall–Kier alpha value is -1.56. The molecule has 1 aromatic heterocycles. The molecule has 2 unspecified atom stereocenters. The van der Waals surface area contributed by atoms with Gasteiger partial charge in [-0.05, 0) is 12.3 Å². The third-order valence-corrected chi connectivity index (χ3v) is 4.16. The van der Waals surface area contributed by atoms with E-state index in [-0.39, 0.29) is 22.9 Å². The van der Waals surface area contributed by atoms with Crippen molar-refractivity contribution in [1.82, 2.24) is 9.47 Å². The number of hydrogen-bond donors (Lipinski definition) is 0. The molecule has 0 N–H and O–H groups in total. The zero-order chi connectivity index (χ0) is 14.2. The number of aromatic nitrogens is 1. The number of amides is 1. The number of halogens is 1. The number of likely N-dealkylation sites (tertiary alicyclic amines) is 1. The van der Waals surface area contributed by atoms with Crippen LogP contribution in [0.4, 0.5) is 5.69 Å². The van der Waals surface area contributed by atoms with Crippen LogP contribution in [0.5, 0.6) is 0 Å². The van der Waals surface area contributed by atoms with E-state index in [1.165, 1.54) is 16.8 Å². The minimum Gasteiger partial charge on any atom is -0.340 e. The smallest absolute Gasteiger partial charge is 0.287 e. The highest BCUT2D eigenvalue weighted by molar-refractivity contribution is 6.20. The maximum Gasteiger partial charge on any atom is 0.287 e. The molecule has 19 heavy (non-hydrogen) atoms. The van der Waals surface area contributed by atoms with Gasteiger partial charge in [-0.3, -0.25) is 14.9 Å². The van der Waals surface area contributed by atoms with Crippen molar-refractivity contribution in [3.63, 3.8) is 0 Å². The summed E-state index contributed by atoms with van der Waals surface area (Å²) in [6.07, 6.45) is 2.10. The molecule has 0 bridgehead atoms. The quantitative estimate of drug-likeness (QED) is 0.474. The molecular formula is C12H16ClN3O3. The van der Waals surface area contributed by atoms with Gasteiger partial charge in [0.2, 0.25) is 0 Å². The van der Waals surface area contributed by atoms with Gasteiger partial charge in [-0.1, -0.05) is 6.92 Å². The van der Waals surface area contributed by atoms with Crippen LogP contribution in [0.15, 0.2) is 12.3 Å². The molecule has 104 valence electrons. The second kappa shape index (κ2) is 5.21. The number of nitrogens with zero attached hydrogens (tertiary/aromatic N) is 3. The van der Waals surface area contributed by atoms with Crippen LogP contribution in [0.2, 0.25) is 0 Å². The largest absolute Gasteiger partial charge is 0.340 e. The molecule has 1 amide bonds. The van der Waals surface area contributed by atoms with Gasteiger partial charge in [0.25, 0.3) is 11.6 Å². The molecule has 1 fully saturated rings. The Morgan fingerprint density at radius 3 is 2.79 bits per heavy atom. The van der Waals surface area contributed by atoms with E-state index in [9.17, 15) is 14.9 Å². The van der Waals surface area contributed by atoms with Crippen molar-refractivity contribution in [3.8, 4) is 0 Å². The van der Waals surface area contributed by atoms with Gasteiger partial charge in [-0.25, -0.2) is 0 Å². The molecule has 6 nitrogen and oxygen atoms in total.